The molecule has 1 aromatic rings. The van der Waals surface area contributed by atoms with Crippen LogP contribution in [0.4, 0.5) is 13.6 Å². The van der Waals surface area contributed by atoms with E-state index in [1.54, 1.807) is 6.08 Å². The summed E-state index contributed by atoms with van der Waals surface area (Å²) in [6.07, 6.45) is -0.493. The van der Waals surface area contributed by atoms with Crippen LogP contribution in [-0.4, -0.2) is 84.5 Å². The minimum absolute atomic E-state index is 0.0183. The average molecular weight is 607 g/mol. The molecule has 4 heterocycles. The molecule has 4 atom stereocenters. The Kier molecular flexibility index (Phi) is 7.62. The molecule has 4 aliphatic heterocycles. The number of carbonyl (C=O) groups excluding carboxylic acids is 4. The van der Waals surface area contributed by atoms with Crippen molar-refractivity contribution < 1.29 is 51.7 Å². The summed E-state index contributed by atoms with van der Waals surface area (Å²) in [6, 6.07) is 2.01. The molecule has 1 spiro atoms. The first-order chi connectivity index (χ1) is 20.5. The van der Waals surface area contributed by atoms with E-state index in [4.69, 9.17) is 14.3 Å². The lowest BCUT2D eigenvalue weighted by atomic mass is 9.97. The zero-order valence-corrected chi connectivity index (χ0v) is 23.4. The van der Waals surface area contributed by atoms with E-state index in [1.807, 2.05) is 6.92 Å². The second-order valence-corrected chi connectivity index (χ2v) is 11.3. The maximum absolute atomic E-state index is 13.7. The number of nitrogens with one attached hydrogen (secondary N) is 3. The SMILES string of the molecule is CCC[C@H](NC(=O)[C@@H]1C[C@]2(C=C(c3ccc4c(c3)OC(F)(F)O4)NO2)CN1C(=O)O[C@H]1CCOC1)C(=O)C(=O)NC1CC1. The van der Waals surface area contributed by atoms with Crippen molar-refractivity contribution in [3.05, 3.63) is 29.8 Å². The van der Waals surface area contributed by atoms with Gasteiger partial charge in [0.2, 0.25) is 11.7 Å². The first-order valence-electron chi connectivity index (χ1n) is 14.3. The molecule has 3 N–H and O–H groups in total. The summed E-state index contributed by atoms with van der Waals surface area (Å²) in [4.78, 5) is 59.5. The van der Waals surface area contributed by atoms with Crippen LogP contribution in [0.2, 0.25) is 0 Å². The number of ketones is 1. The first kappa shape index (κ1) is 29.1. The summed E-state index contributed by atoms with van der Waals surface area (Å²) >= 11 is 0. The van der Waals surface area contributed by atoms with Gasteiger partial charge in [-0.1, -0.05) is 13.3 Å². The van der Waals surface area contributed by atoms with Crippen LogP contribution in [0.3, 0.4) is 0 Å². The first-order valence-corrected chi connectivity index (χ1v) is 14.3. The third-order valence-electron chi connectivity index (χ3n) is 7.88. The Bertz CT molecular complexity index is 1350. The molecule has 15 heteroatoms. The minimum atomic E-state index is -3.77. The molecular weight excluding hydrogens is 574 g/mol. The molecule has 0 unspecified atom stereocenters. The number of amides is 3. The van der Waals surface area contributed by atoms with Gasteiger partial charge in [-0.05, 0) is 43.5 Å². The van der Waals surface area contributed by atoms with Gasteiger partial charge < -0.3 is 29.6 Å². The predicted molar refractivity (Wildman–Crippen MR) is 141 cm³/mol. The maximum atomic E-state index is 13.7. The molecule has 0 radical (unpaired) electrons. The van der Waals surface area contributed by atoms with Crippen LogP contribution >= 0.6 is 0 Å². The van der Waals surface area contributed by atoms with E-state index >= 15 is 0 Å². The van der Waals surface area contributed by atoms with E-state index in [0.717, 1.165) is 12.8 Å². The standard InChI is InChI=1S/C28H32F2N4O9/c1-2-3-18(23(35)25(37)31-16-5-6-16)32-24(36)20-12-27(14-34(20)26(38)40-17-8-9-39-13-17)11-19(33-43-27)15-4-7-21-22(10-15)42-28(29,30)41-21/h4,7,10-11,16-18,20,33H,2-3,5-6,8-9,12-14H2,1H3,(H,31,37)(H,32,36)/t17-,18-,20-,27+/m0/s1. The summed E-state index contributed by atoms with van der Waals surface area (Å²) in [5.74, 6) is -2.41. The molecule has 1 aromatic carbocycles. The second kappa shape index (κ2) is 11.3. The lowest BCUT2D eigenvalue weighted by molar-refractivity contribution is -0.286. The van der Waals surface area contributed by atoms with E-state index in [1.165, 1.54) is 23.1 Å². The number of likely N-dealkylation sites (tertiary alicyclic amines) is 1. The number of nitrogens with zero attached hydrogens (tertiary/aromatic N) is 1. The van der Waals surface area contributed by atoms with E-state index in [0.29, 0.717) is 30.7 Å². The molecule has 2 saturated heterocycles. The lowest BCUT2D eigenvalue weighted by Crippen LogP contribution is -2.53. The third kappa shape index (κ3) is 6.22. The van der Waals surface area contributed by atoms with Crippen LogP contribution in [-0.2, 0) is 28.7 Å². The lowest BCUT2D eigenvalue weighted by Gasteiger charge is -2.26. The fourth-order valence-corrected chi connectivity index (χ4v) is 5.53. The van der Waals surface area contributed by atoms with Crippen LogP contribution in [0.15, 0.2) is 24.3 Å². The average Bonchev–Trinajstić information content (AvgIpc) is 3.31. The smallest absolute Gasteiger partial charge is 0.444 e. The molecule has 13 nitrogen and oxygen atoms in total. The van der Waals surface area contributed by atoms with Gasteiger partial charge in [-0.2, -0.15) is 0 Å². The highest BCUT2D eigenvalue weighted by Gasteiger charge is 2.53. The summed E-state index contributed by atoms with van der Waals surface area (Å²) in [5.41, 5.74) is 2.41. The van der Waals surface area contributed by atoms with Crippen LogP contribution in [0.25, 0.3) is 5.70 Å². The zero-order chi connectivity index (χ0) is 30.4. The van der Waals surface area contributed by atoms with Gasteiger partial charge in [0.15, 0.2) is 11.5 Å². The molecular formula is C28H32F2N4O9. The number of fused-ring (bicyclic) bond motifs is 1. The van der Waals surface area contributed by atoms with Crippen LogP contribution in [0.5, 0.6) is 11.5 Å². The zero-order valence-electron chi connectivity index (χ0n) is 23.4. The Morgan fingerprint density at radius 3 is 2.67 bits per heavy atom. The van der Waals surface area contributed by atoms with E-state index in [-0.39, 0.29) is 43.5 Å². The number of hydrogen-bond donors (Lipinski definition) is 3. The van der Waals surface area contributed by atoms with Crippen molar-refractivity contribution in [2.45, 2.75) is 81.6 Å². The highest BCUT2D eigenvalue weighted by molar-refractivity contribution is 6.38. The Labute approximate surface area is 245 Å². The van der Waals surface area contributed by atoms with Gasteiger partial charge in [-0.25, -0.2) is 4.79 Å². The van der Waals surface area contributed by atoms with Crippen molar-refractivity contribution in [3.63, 3.8) is 0 Å². The molecule has 5 aliphatic rings. The fourth-order valence-electron chi connectivity index (χ4n) is 5.53. The molecule has 0 aromatic heterocycles. The van der Waals surface area contributed by atoms with Crippen LogP contribution < -0.4 is 25.6 Å². The molecule has 232 valence electrons. The van der Waals surface area contributed by atoms with Crippen molar-refractivity contribution in [1.82, 2.24) is 21.0 Å². The fraction of sp³-hybridized carbons (Fsp3) is 0.571. The Morgan fingerprint density at radius 1 is 1.16 bits per heavy atom. The number of rotatable bonds is 9. The van der Waals surface area contributed by atoms with Crippen LogP contribution in [0, 0.1) is 0 Å². The largest absolute Gasteiger partial charge is 0.586 e. The minimum Gasteiger partial charge on any atom is -0.444 e. The number of benzene rings is 1. The molecule has 43 heavy (non-hydrogen) atoms. The molecule has 1 aliphatic carbocycles. The second-order valence-electron chi connectivity index (χ2n) is 11.3. The monoisotopic (exact) mass is 606 g/mol. The molecule has 3 amide bonds. The Morgan fingerprint density at radius 2 is 1.95 bits per heavy atom. The van der Waals surface area contributed by atoms with E-state index in [2.05, 4.69) is 25.6 Å². The number of Topliss-reactive ketones (excluding diaryl/α,β-unsaturated/α-hetero) is 1. The summed E-state index contributed by atoms with van der Waals surface area (Å²) in [5, 5.41) is 5.33. The normalized spacial score (nSPS) is 27.4. The van der Waals surface area contributed by atoms with Gasteiger partial charge in [0.05, 0.1) is 31.5 Å². The molecule has 1 saturated carbocycles. The summed E-state index contributed by atoms with van der Waals surface area (Å²) in [6.45, 7) is 2.40. The number of carbonyl (C=O) groups is 4. The third-order valence-corrected chi connectivity index (χ3v) is 7.88. The number of ether oxygens (including phenoxy) is 4. The predicted octanol–water partition coefficient (Wildman–Crippen LogP) is 1.76. The van der Waals surface area contributed by atoms with Gasteiger partial charge in [0.1, 0.15) is 17.7 Å². The molecule has 6 rings (SSSR count). The van der Waals surface area contributed by atoms with Gasteiger partial charge in [0.25, 0.3) is 5.91 Å². The Balaban J connectivity index is 1.21. The van der Waals surface area contributed by atoms with Crippen molar-refractivity contribution in [2.75, 3.05) is 19.8 Å². The van der Waals surface area contributed by atoms with Gasteiger partial charge in [-0.15, -0.1) is 8.78 Å². The van der Waals surface area contributed by atoms with E-state index < -0.39 is 53.8 Å². The van der Waals surface area contributed by atoms with E-state index in [9.17, 15) is 28.0 Å². The van der Waals surface area contributed by atoms with Crippen molar-refractivity contribution in [2.24, 2.45) is 0 Å². The Hall–Kier alpha value is -3.98. The number of halogens is 2. The maximum Gasteiger partial charge on any atom is 0.586 e. The van der Waals surface area contributed by atoms with Gasteiger partial charge >= 0.3 is 12.4 Å². The topological polar surface area (TPSA) is 154 Å². The van der Waals surface area contributed by atoms with Crippen molar-refractivity contribution in [3.8, 4) is 11.5 Å². The van der Waals surface area contributed by atoms with Gasteiger partial charge in [-0.3, -0.25) is 29.6 Å². The molecule has 3 fully saturated rings. The number of hydroxylamine groups is 1. The number of alkyl halides is 2. The highest BCUT2D eigenvalue weighted by Crippen LogP contribution is 2.44. The molecule has 0 bridgehead atoms. The van der Waals surface area contributed by atoms with Crippen LogP contribution in [0.1, 0.15) is 51.0 Å². The summed E-state index contributed by atoms with van der Waals surface area (Å²) in [7, 11) is 0. The van der Waals surface area contributed by atoms with Crippen molar-refractivity contribution >= 4 is 29.4 Å². The highest BCUT2D eigenvalue weighted by atomic mass is 19.3. The van der Waals surface area contributed by atoms with Gasteiger partial charge in [0, 0.05) is 24.4 Å². The number of hydrogen-bond acceptors (Lipinski definition) is 10. The quantitative estimate of drug-likeness (QED) is 0.355. The van der Waals surface area contributed by atoms with Crippen molar-refractivity contribution in [1.29, 1.82) is 0 Å². The summed E-state index contributed by atoms with van der Waals surface area (Å²) < 4.78 is 46.9.